The lowest BCUT2D eigenvalue weighted by molar-refractivity contribution is 0.320. The molecule has 0 heterocycles. The predicted molar refractivity (Wildman–Crippen MR) is 66.2 cm³/mol. The van der Waals surface area contributed by atoms with Gasteiger partial charge in [0.1, 0.15) is 11.5 Å². The molecule has 0 aliphatic heterocycles. The summed E-state index contributed by atoms with van der Waals surface area (Å²) in [5.74, 6) is 1.78. The van der Waals surface area contributed by atoms with Crippen molar-refractivity contribution < 1.29 is 9.47 Å². The summed E-state index contributed by atoms with van der Waals surface area (Å²) in [4.78, 5) is 0. The van der Waals surface area contributed by atoms with Crippen molar-refractivity contribution in [1.82, 2.24) is 0 Å². The average Bonchev–Trinajstić information content (AvgIpc) is 2.29. The topological polar surface area (TPSA) is 44.5 Å². The Hall–Kier alpha value is -1.22. The van der Waals surface area contributed by atoms with Crippen molar-refractivity contribution >= 4 is 0 Å². The van der Waals surface area contributed by atoms with E-state index in [1.165, 1.54) is 5.56 Å². The highest BCUT2D eigenvalue weighted by Crippen LogP contribution is 2.26. The Morgan fingerprint density at radius 2 is 1.88 bits per heavy atom. The first-order valence-corrected chi connectivity index (χ1v) is 5.90. The summed E-state index contributed by atoms with van der Waals surface area (Å²) >= 11 is 0. The quantitative estimate of drug-likeness (QED) is 0.772. The second-order valence-corrected chi connectivity index (χ2v) is 3.53. The van der Waals surface area contributed by atoms with Crippen molar-refractivity contribution in [3.63, 3.8) is 0 Å². The van der Waals surface area contributed by atoms with Gasteiger partial charge in [-0.25, -0.2) is 0 Å². The van der Waals surface area contributed by atoms with Crippen LogP contribution in [0.5, 0.6) is 11.5 Å². The maximum Gasteiger partial charge on any atom is 0.126 e. The minimum absolute atomic E-state index is 0.672. The van der Waals surface area contributed by atoms with E-state index in [9.17, 15) is 0 Å². The number of rotatable bonds is 7. The first-order chi connectivity index (χ1) is 7.81. The van der Waals surface area contributed by atoms with Crippen LogP contribution >= 0.6 is 0 Å². The summed E-state index contributed by atoms with van der Waals surface area (Å²) in [5, 5.41) is 0. The van der Waals surface area contributed by atoms with Gasteiger partial charge in [0.2, 0.25) is 0 Å². The van der Waals surface area contributed by atoms with E-state index >= 15 is 0 Å². The lowest BCUT2D eigenvalue weighted by Crippen LogP contribution is -2.03. The molecule has 0 saturated heterocycles. The Balaban J connectivity index is 2.80. The van der Waals surface area contributed by atoms with Crippen LogP contribution in [0.2, 0.25) is 0 Å². The Morgan fingerprint density at radius 3 is 2.50 bits per heavy atom. The van der Waals surface area contributed by atoms with Gasteiger partial charge in [-0.05, 0) is 44.9 Å². The molecule has 0 aliphatic carbocycles. The third-order valence-electron chi connectivity index (χ3n) is 2.30. The van der Waals surface area contributed by atoms with Crippen LogP contribution in [-0.2, 0) is 6.42 Å². The molecule has 0 bridgehead atoms. The molecule has 0 spiro atoms. The Morgan fingerprint density at radius 1 is 1.12 bits per heavy atom. The van der Waals surface area contributed by atoms with Gasteiger partial charge < -0.3 is 15.2 Å². The monoisotopic (exact) mass is 223 g/mol. The van der Waals surface area contributed by atoms with Crippen LogP contribution in [0.4, 0.5) is 0 Å². The molecule has 0 aromatic heterocycles. The van der Waals surface area contributed by atoms with Crippen LogP contribution in [0.3, 0.4) is 0 Å². The molecule has 16 heavy (non-hydrogen) atoms. The minimum Gasteiger partial charge on any atom is -0.494 e. The highest BCUT2D eigenvalue weighted by Gasteiger charge is 2.05. The Bertz CT molecular complexity index is 313. The summed E-state index contributed by atoms with van der Waals surface area (Å²) < 4.78 is 11.0. The number of benzene rings is 1. The molecule has 0 unspecified atom stereocenters. The molecule has 1 rings (SSSR count). The van der Waals surface area contributed by atoms with Crippen LogP contribution in [-0.4, -0.2) is 19.8 Å². The molecule has 0 aliphatic rings. The number of aryl methyl sites for hydroxylation is 1. The van der Waals surface area contributed by atoms with E-state index in [1.807, 2.05) is 26.0 Å². The molecule has 0 atom stereocenters. The molecule has 3 nitrogen and oxygen atoms in total. The van der Waals surface area contributed by atoms with Crippen molar-refractivity contribution in [3.8, 4) is 11.5 Å². The van der Waals surface area contributed by atoms with Crippen molar-refractivity contribution in [2.75, 3.05) is 19.8 Å². The SMILES string of the molecule is CCOc1ccc(CCCN)c(OCC)c1. The second kappa shape index (κ2) is 7.12. The van der Waals surface area contributed by atoms with Crippen LogP contribution in [0.1, 0.15) is 25.8 Å². The zero-order valence-corrected chi connectivity index (χ0v) is 10.2. The molecular formula is C13H21NO2. The lowest BCUT2D eigenvalue weighted by Gasteiger charge is -2.12. The van der Waals surface area contributed by atoms with Gasteiger partial charge in [-0.2, -0.15) is 0 Å². The van der Waals surface area contributed by atoms with E-state index in [2.05, 4.69) is 6.07 Å². The summed E-state index contributed by atoms with van der Waals surface area (Å²) in [5.41, 5.74) is 6.72. The number of nitrogens with two attached hydrogens (primary N) is 1. The van der Waals surface area contributed by atoms with Crippen LogP contribution in [0.15, 0.2) is 18.2 Å². The van der Waals surface area contributed by atoms with Gasteiger partial charge in [0.25, 0.3) is 0 Å². The maximum atomic E-state index is 5.60. The predicted octanol–water partition coefficient (Wildman–Crippen LogP) is 2.38. The fourth-order valence-corrected chi connectivity index (χ4v) is 1.58. The van der Waals surface area contributed by atoms with Crippen LogP contribution in [0.25, 0.3) is 0 Å². The van der Waals surface area contributed by atoms with Crippen molar-refractivity contribution in [2.24, 2.45) is 5.73 Å². The van der Waals surface area contributed by atoms with E-state index in [1.54, 1.807) is 0 Å². The molecule has 1 aromatic rings. The fraction of sp³-hybridized carbons (Fsp3) is 0.538. The minimum atomic E-state index is 0.672. The normalized spacial score (nSPS) is 10.2. The molecule has 2 N–H and O–H groups in total. The van der Waals surface area contributed by atoms with E-state index in [-0.39, 0.29) is 0 Å². The molecule has 3 heteroatoms. The van der Waals surface area contributed by atoms with E-state index in [0.29, 0.717) is 19.8 Å². The number of hydrogen-bond donors (Lipinski definition) is 1. The fourth-order valence-electron chi connectivity index (χ4n) is 1.58. The molecule has 1 aromatic carbocycles. The van der Waals surface area contributed by atoms with E-state index in [0.717, 1.165) is 24.3 Å². The number of ether oxygens (including phenoxy) is 2. The van der Waals surface area contributed by atoms with Crippen molar-refractivity contribution in [2.45, 2.75) is 26.7 Å². The Kier molecular flexibility index (Phi) is 5.72. The van der Waals surface area contributed by atoms with E-state index in [4.69, 9.17) is 15.2 Å². The van der Waals surface area contributed by atoms with Crippen molar-refractivity contribution in [1.29, 1.82) is 0 Å². The summed E-state index contributed by atoms with van der Waals surface area (Å²) in [7, 11) is 0. The highest BCUT2D eigenvalue weighted by molar-refractivity contribution is 5.40. The third-order valence-corrected chi connectivity index (χ3v) is 2.30. The molecular weight excluding hydrogens is 202 g/mol. The summed E-state index contributed by atoms with van der Waals surface area (Å²) in [6.07, 6.45) is 1.94. The van der Waals surface area contributed by atoms with Gasteiger partial charge in [0, 0.05) is 6.07 Å². The smallest absolute Gasteiger partial charge is 0.126 e. The first kappa shape index (κ1) is 12.8. The molecule has 0 radical (unpaired) electrons. The van der Waals surface area contributed by atoms with Gasteiger partial charge >= 0.3 is 0 Å². The van der Waals surface area contributed by atoms with Crippen LogP contribution < -0.4 is 15.2 Å². The molecule has 0 fully saturated rings. The number of hydrogen-bond acceptors (Lipinski definition) is 3. The van der Waals surface area contributed by atoms with Gasteiger partial charge in [0.05, 0.1) is 13.2 Å². The van der Waals surface area contributed by atoms with Gasteiger partial charge in [0.15, 0.2) is 0 Å². The third kappa shape index (κ3) is 3.74. The standard InChI is InChI=1S/C13H21NO2/c1-3-15-12-8-7-11(6-5-9-14)13(10-12)16-4-2/h7-8,10H,3-6,9,14H2,1-2H3. The largest absolute Gasteiger partial charge is 0.494 e. The highest BCUT2D eigenvalue weighted by atomic mass is 16.5. The molecule has 0 amide bonds. The molecule has 0 saturated carbocycles. The second-order valence-electron chi connectivity index (χ2n) is 3.53. The first-order valence-electron chi connectivity index (χ1n) is 5.90. The van der Waals surface area contributed by atoms with Gasteiger partial charge in [-0.15, -0.1) is 0 Å². The lowest BCUT2D eigenvalue weighted by atomic mass is 10.1. The summed E-state index contributed by atoms with van der Waals surface area (Å²) in [6, 6.07) is 6.00. The van der Waals surface area contributed by atoms with Crippen LogP contribution in [0, 0.1) is 0 Å². The van der Waals surface area contributed by atoms with Gasteiger partial charge in [-0.3, -0.25) is 0 Å². The Labute approximate surface area is 97.6 Å². The average molecular weight is 223 g/mol. The zero-order valence-electron chi connectivity index (χ0n) is 10.2. The van der Waals surface area contributed by atoms with Crippen molar-refractivity contribution in [3.05, 3.63) is 23.8 Å². The van der Waals surface area contributed by atoms with E-state index < -0.39 is 0 Å². The molecule has 90 valence electrons. The van der Waals surface area contributed by atoms with Gasteiger partial charge in [-0.1, -0.05) is 6.07 Å². The summed E-state index contributed by atoms with van der Waals surface area (Å²) in [6.45, 7) is 6.01. The zero-order chi connectivity index (χ0) is 11.8. The maximum absolute atomic E-state index is 5.60.